The molecule has 1 aromatic heterocycles. The Morgan fingerprint density at radius 3 is 2.41 bits per heavy atom. The molecule has 3 aromatic carbocycles. The number of benzene rings is 3. The van der Waals surface area contributed by atoms with Crippen LogP contribution in [0.4, 0.5) is 5.69 Å². The topological polar surface area (TPSA) is 76.0 Å². The predicted molar refractivity (Wildman–Crippen MR) is 126 cm³/mol. The summed E-state index contributed by atoms with van der Waals surface area (Å²) >= 11 is 6.04. The summed E-state index contributed by atoms with van der Waals surface area (Å²) < 4.78 is 1.75. The fraction of sp³-hybridized carbons (Fsp3) is 0.0800. The SMILES string of the molecule is CNC(=O)c1cccc(NC(=O)c2cn(Cc3ccccc3)nc2-c2ccc(Cl)cc2)c1. The zero-order chi connectivity index (χ0) is 22.5. The van der Waals surface area contributed by atoms with E-state index in [0.717, 1.165) is 11.1 Å². The molecular weight excluding hydrogens is 424 g/mol. The lowest BCUT2D eigenvalue weighted by molar-refractivity contribution is 0.0961. The number of anilines is 1. The summed E-state index contributed by atoms with van der Waals surface area (Å²) in [6.45, 7) is 0.529. The standard InChI is InChI=1S/C25H21ClN4O2/c1-27-24(31)19-8-5-9-21(14-19)28-25(32)22-16-30(15-17-6-3-2-4-7-17)29-23(22)18-10-12-20(26)13-11-18/h2-14,16H,15H2,1H3,(H,27,31)(H,28,32). The monoisotopic (exact) mass is 444 g/mol. The van der Waals surface area contributed by atoms with Gasteiger partial charge in [-0.25, -0.2) is 0 Å². The highest BCUT2D eigenvalue weighted by atomic mass is 35.5. The number of carbonyl (C=O) groups excluding carboxylic acids is 2. The Morgan fingerprint density at radius 2 is 1.69 bits per heavy atom. The lowest BCUT2D eigenvalue weighted by Crippen LogP contribution is -2.18. The summed E-state index contributed by atoms with van der Waals surface area (Å²) in [5.74, 6) is -0.540. The summed E-state index contributed by atoms with van der Waals surface area (Å²) in [6.07, 6.45) is 1.73. The highest BCUT2D eigenvalue weighted by molar-refractivity contribution is 6.30. The van der Waals surface area contributed by atoms with Crippen LogP contribution >= 0.6 is 11.6 Å². The van der Waals surface area contributed by atoms with E-state index in [0.29, 0.717) is 34.1 Å². The molecule has 4 rings (SSSR count). The highest BCUT2D eigenvalue weighted by Gasteiger charge is 2.19. The number of amides is 2. The lowest BCUT2D eigenvalue weighted by Gasteiger charge is -2.07. The second kappa shape index (κ2) is 9.49. The maximum absolute atomic E-state index is 13.2. The van der Waals surface area contributed by atoms with Gasteiger partial charge >= 0.3 is 0 Å². The van der Waals surface area contributed by atoms with Crippen LogP contribution in [0, 0.1) is 0 Å². The van der Waals surface area contributed by atoms with Gasteiger partial charge in [-0.2, -0.15) is 5.10 Å². The summed E-state index contributed by atoms with van der Waals surface area (Å²) in [5.41, 5.74) is 3.82. The number of carbonyl (C=O) groups is 2. The van der Waals surface area contributed by atoms with Gasteiger partial charge in [-0.15, -0.1) is 0 Å². The fourth-order valence-electron chi connectivity index (χ4n) is 3.34. The Labute approximate surface area is 190 Å². The van der Waals surface area contributed by atoms with Crippen LogP contribution in [0.25, 0.3) is 11.3 Å². The Morgan fingerprint density at radius 1 is 0.938 bits per heavy atom. The molecule has 6 nitrogen and oxygen atoms in total. The van der Waals surface area contributed by atoms with Gasteiger partial charge in [-0.1, -0.05) is 60.1 Å². The highest BCUT2D eigenvalue weighted by Crippen LogP contribution is 2.25. The number of halogens is 1. The van der Waals surface area contributed by atoms with Crippen LogP contribution in [0.3, 0.4) is 0 Å². The van der Waals surface area contributed by atoms with Crippen molar-refractivity contribution in [1.29, 1.82) is 0 Å². The van der Waals surface area contributed by atoms with Crippen LogP contribution in [0.2, 0.25) is 5.02 Å². The third kappa shape index (κ3) is 4.87. The first-order chi connectivity index (χ1) is 15.5. The molecule has 7 heteroatoms. The Kier molecular flexibility index (Phi) is 6.33. The molecule has 0 aliphatic rings. The van der Waals surface area contributed by atoms with Gasteiger partial charge in [0, 0.05) is 35.1 Å². The van der Waals surface area contributed by atoms with E-state index >= 15 is 0 Å². The average Bonchev–Trinajstić information content (AvgIpc) is 3.23. The minimum atomic E-state index is -0.316. The molecule has 0 unspecified atom stereocenters. The molecule has 0 saturated carbocycles. The van der Waals surface area contributed by atoms with Gasteiger partial charge in [0.25, 0.3) is 11.8 Å². The third-order valence-corrected chi connectivity index (χ3v) is 5.17. The van der Waals surface area contributed by atoms with Gasteiger partial charge in [0.05, 0.1) is 12.1 Å². The van der Waals surface area contributed by atoms with E-state index in [-0.39, 0.29) is 11.8 Å². The van der Waals surface area contributed by atoms with Crippen LogP contribution in [0.15, 0.2) is 85.1 Å². The molecular formula is C25H21ClN4O2. The second-order valence-corrected chi connectivity index (χ2v) is 7.63. The zero-order valence-corrected chi connectivity index (χ0v) is 18.1. The van der Waals surface area contributed by atoms with E-state index in [1.165, 1.54) is 0 Å². The minimum Gasteiger partial charge on any atom is -0.355 e. The first-order valence-corrected chi connectivity index (χ1v) is 10.4. The lowest BCUT2D eigenvalue weighted by atomic mass is 10.1. The molecule has 1 heterocycles. The maximum atomic E-state index is 13.2. The quantitative estimate of drug-likeness (QED) is 0.445. The van der Waals surface area contributed by atoms with Crippen molar-refractivity contribution in [2.75, 3.05) is 12.4 Å². The van der Waals surface area contributed by atoms with Crippen molar-refractivity contribution in [3.63, 3.8) is 0 Å². The fourth-order valence-corrected chi connectivity index (χ4v) is 3.47. The molecule has 0 radical (unpaired) electrons. The molecule has 0 atom stereocenters. The smallest absolute Gasteiger partial charge is 0.259 e. The van der Waals surface area contributed by atoms with Gasteiger partial charge in [0.15, 0.2) is 0 Å². The first-order valence-electron chi connectivity index (χ1n) is 10.0. The molecule has 2 amide bonds. The Hall–Kier alpha value is -3.90. The van der Waals surface area contributed by atoms with Crippen molar-refractivity contribution in [3.8, 4) is 11.3 Å². The van der Waals surface area contributed by atoms with Crippen molar-refractivity contribution in [2.45, 2.75) is 6.54 Å². The van der Waals surface area contributed by atoms with Crippen molar-refractivity contribution >= 4 is 29.1 Å². The molecule has 4 aromatic rings. The van der Waals surface area contributed by atoms with Crippen LogP contribution in [0.1, 0.15) is 26.3 Å². The maximum Gasteiger partial charge on any atom is 0.259 e. The molecule has 0 fully saturated rings. The van der Waals surface area contributed by atoms with E-state index in [1.54, 1.807) is 54.3 Å². The summed E-state index contributed by atoms with van der Waals surface area (Å²) in [6, 6.07) is 23.9. The van der Waals surface area contributed by atoms with E-state index in [1.807, 2.05) is 42.5 Å². The van der Waals surface area contributed by atoms with Gasteiger partial charge in [-0.3, -0.25) is 14.3 Å². The van der Waals surface area contributed by atoms with Crippen molar-refractivity contribution in [1.82, 2.24) is 15.1 Å². The van der Waals surface area contributed by atoms with Crippen LogP contribution in [-0.4, -0.2) is 28.6 Å². The number of nitrogens with zero attached hydrogens (tertiary/aromatic N) is 2. The third-order valence-electron chi connectivity index (χ3n) is 4.92. The molecule has 160 valence electrons. The number of hydrogen-bond acceptors (Lipinski definition) is 3. The molecule has 0 spiro atoms. The number of aromatic nitrogens is 2. The summed E-state index contributed by atoms with van der Waals surface area (Å²) in [4.78, 5) is 25.1. The largest absolute Gasteiger partial charge is 0.355 e. The average molecular weight is 445 g/mol. The minimum absolute atomic E-state index is 0.223. The van der Waals surface area contributed by atoms with Gasteiger partial charge in [-0.05, 0) is 35.9 Å². The van der Waals surface area contributed by atoms with Crippen molar-refractivity contribution in [3.05, 3.63) is 107 Å². The molecule has 0 bridgehead atoms. The number of nitrogens with one attached hydrogen (secondary N) is 2. The Bertz CT molecular complexity index is 1250. The molecule has 0 saturated heterocycles. The predicted octanol–water partition coefficient (Wildman–Crippen LogP) is 4.86. The number of hydrogen-bond donors (Lipinski definition) is 2. The molecule has 0 aliphatic heterocycles. The molecule has 0 aliphatic carbocycles. The van der Waals surface area contributed by atoms with Crippen LogP contribution in [0.5, 0.6) is 0 Å². The van der Waals surface area contributed by atoms with Crippen LogP contribution in [-0.2, 0) is 6.54 Å². The summed E-state index contributed by atoms with van der Waals surface area (Å²) in [7, 11) is 1.56. The van der Waals surface area contributed by atoms with Crippen LogP contribution < -0.4 is 10.6 Å². The number of rotatable bonds is 6. The molecule has 32 heavy (non-hydrogen) atoms. The van der Waals surface area contributed by atoms with Gasteiger partial charge < -0.3 is 10.6 Å². The normalized spacial score (nSPS) is 10.6. The van der Waals surface area contributed by atoms with Gasteiger partial charge in [0.2, 0.25) is 0 Å². The van der Waals surface area contributed by atoms with Crippen molar-refractivity contribution < 1.29 is 9.59 Å². The second-order valence-electron chi connectivity index (χ2n) is 7.20. The van der Waals surface area contributed by atoms with E-state index in [9.17, 15) is 9.59 Å². The molecule has 2 N–H and O–H groups in total. The van der Waals surface area contributed by atoms with Gasteiger partial charge in [0.1, 0.15) is 5.69 Å². The summed E-state index contributed by atoms with van der Waals surface area (Å²) in [5, 5.41) is 10.7. The zero-order valence-electron chi connectivity index (χ0n) is 17.4. The van der Waals surface area contributed by atoms with E-state index < -0.39 is 0 Å². The van der Waals surface area contributed by atoms with E-state index in [4.69, 9.17) is 11.6 Å². The van der Waals surface area contributed by atoms with E-state index in [2.05, 4.69) is 15.7 Å². The first kappa shape index (κ1) is 21.3. The Balaban J connectivity index is 1.67. The van der Waals surface area contributed by atoms with Crippen molar-refractivity contribution in [2.24, 2.45) is 0 Å².